The first-order valence-electron chi connectivity index (χ1n) is 10.4. The van der Waals surface area contributed by atoms with Crippen molar-refractivity contribution in [3.8, 4) is 5.75 Å². The van der Waals surface area contributed by atoms with Gasteiger partial charge in [-0.3, -0.25) is 9.59 Å². The molecule has 154 valence electrons. The van der Waals surface area contributed by atoms with E-state index in [1.165, 1.54) is 12.8 Å². The minimum atomic E-state index is -0.551. The third kappa shape index (κ3) is 5.04. The Labute approximate surface area is 167 Å². The zero-order valence-electron chi connectivity index (χ0n) is 16.8. The molecule has 0 unspecified atom stereocenters. The normalized spacial score (nSPS) is 20.0. The van der Waals surface area contributed by atoms with E-state index in [1.54, 1.807) is 7.11 Å². The van der Waals surface area contributed by atoms with Crippen LogP contribution in [0.4, 0.5) is 0 Å². The van der Waals surface area contributed by atoms with Crippen molar-refractivity contribution in [2.24, 2.45) is 0 Å². The summed E-state index contributed by atoms with van der Waals surface area (Å²) < 4.78 is 11.1. The fraction of sp³-hybridized carbons (Fsp3) is 0.636. The lowest BCUT2D eigenvalue weighted by atomic mass is 9.73. The zero-order chi connectivity index (χ0) is 19.8. The van der Waals surface area contributed by atoms with Gasteiger partial charge in [-0.15, -0.1) is 0 Å². The Morgan fingerprint density at radius 1 is 1.07 bits per heavy atom. The van der Waals surface area contributed by atoms with Gasteiger partial charge in [-0.2, -0.15) is 0 Å². The standard InChI is InChI=1S/C22H32N2O4/c1-27-19-11-7-6-10-18(19)22(12-14-28-15-13-22)16-23-20(25)21(26)24-17-8-4-2-3-5-9-17/h6-7,10-11,17H,2-5,8-9,12-16H2,1H3,(H,23,25)(H,24,26). The van der Waals surface area contributed by atoms with E-state index in [2.05, 4.69) is 10.6 Å². The summed E-state index contributed by atoms with van der Waals surface area (Å²) in [6.45, 7) is 1.65. The van der Waals surface area contributed by atoms with Crippen LogP contribution in [0.5, 0.6) is 5.75 Å². The van der Waals surface area contributed by atoms with Gasteiger partial charge in [-0.1, -0.05) is 43.9 Å². The summed E-state index contributed by atoms with van der Waals surface area (Å²) in [5.74, 6) is -0.263. The van der Waals surface area contributed by atoms with E-state index in [1.807, 2.05) is 24.3 Å². The highest BCUT2D eigenvalue weighted by Gasteiger charge is 2.37. The fourth-order valence-corrected chi connectivity index (χ4v) is 4.39. The van der Waals surface area contributed by atoms with E-state index in [4.69, 9.17) is 9.47 Å². The first-order chi connectivity index (χ1) is 13.6. The second-order valence-corrected chi connectivity index (χ2v) is 7.94. The number of hydrogen-bond donors (Lipinski definition) is 2. The van der Waals surface area contributed by atoms with Crippen molar-refractivity contribution in [1.29, 1.82) is 0 Å². The van der Waals surface area contributed by atoms with E-state index in [0.717, 1.165) is 49.8 Å². The van der Waals surface area contributed by atoms with E-state index in [0.29, 0.717) is 19.8 Å². The van der Waals surface area contributed by atoms with Gasteiger partial charge in [0.2, 0.25) is 0 Å². The van der Waals surface area contributed by atoms with Crippen molar-refractivity contribution in [3.05, 3.63) is 29.8 Å². The summed E-state index contributed by atoms with van der Waals surface area (Å²) in [5, 5.41) is 5.81. The smallest absolute Gasteiger partial charge is 0.309 e. The summed E-state index contributed by atoms with van der Waals surface area (Å²) >= 11 is 0. The maximum Gasteiger partial charge on any atom is 0.309 e. The largest absolute Gasteiger partial charge is 0.496 e. The lowest BCUT2D eigenvalue weighted by Gasteiger charge is -2.38. The molecule has 0 spiro atoms. The molecule has 3 rings (SSSR count). The number of rotatable bonds is 5. The number of nitrogens with one attached hydrogen (secondary N) is 2. The molecule has 6 heteroatoms. The molecule has 0 bridgehead atoms. The van der Waals surface area contributed by atoms with Gasteiger partial charge >= 0.3 is 11.8 Å². The van der Waals surface area contributed by atoms with Crippen LogP contribution in [-0.4, -0.2) is 44.7 Å². The van der Waals surface area contributed by atoms with Crippen molar-refractivity contribution in [2.45, 2.75) is 62.8 Å². The third-order valence-electron chi connectivity index (χ3n) is 6.11. The van der Waals surface area contributed by atoms with Gasteiger partial charge in [0, 0.05) is 36.8 Å². The summed E-state index contributed by atoms with van der Waals surface area (Å²) in [5.41, 5.74) is 0.772. The molecule has 6 nitrogen and oxygen atoms in total. The molecule has 1 heterocycles. The number of ether oxygens (including phenoxy) is 2. The molecule has 1 saturated carbocycles. The maximum absolute atomic E-state index is 12.5. The summed E-state index contributed by atoms with van der Waals surface area (Å²) in [4.78, 5) is 24.9. The number of carbonyl (C=O) groups is 2. The van der Waals surface area contributed by atoms with Gasteiger partial charge in [0.15, 0.2) is 0 Å². The second kappa shape index (κ2) is 9.92. The summed E-state index contributed by atoms with van der Waals surface area (Å²) in [7, 11) is 1.66. The maximum atomic E-state index is 12.5. The summed E-state index contributed by atoms with van der Waals surface area (Å²) in [6.07, 6.45) is 8.12. The molecule has 28 heavy (non-hydrogen) atoms. The number of amides is 2. The first-order valence-corrected chi connectivity index (χ1v) is 10.4. The number of para-hydroxylation sites is 1. The van der Waals surface area contributed by atoms with E-state index in [9.17, 15) is 9.59 Å². The average molecular weight is 389 g/mol. The molecule has 1 aliphatic heterocycles. The lowest BCUT2D eigenvalue weighted by molar-refractivity contribution is -0.140. The molecule has 2 amide bonds. The van der Waals surface area contributed by atoms with Crippen LogP contribution in [0.2, 0.25) is 0 Å². The monoisotopic (exact) mass is 388 g/mol. The van der Waals surface area contributed by atoms with Crippen LogP contribution in [0.25, 0.3) is 0 Å². The molecular weight excluding hydrogens is 356 g/mol. The van der Waals surface area contributed by atoms with E-state index < -0.39 is 11.8 Å². The number of carbonyl (C=O) groups excluding carboxylic acids is 2. The van der Waals surface area contributed by atoms with Crippen molar-refractivity contribution >= 4 is 11.8 Å². The minimum Gasteiger partial charge on any atom is -0.496 e. The van der Waals surface area contributed by atoms with Gasteiger partial charge in [0.1, 0.15) is 5.75 Å². The Hall–Kier alpha value is -2.08. The van der Waals surface area contributed by atoms with Crippen LogP contribution in [0.3, 0.4) is 0 Å². The molecule has 1 aromatic rings. The number of hydrogen-bond acceptors (Lipinski definition) is 4. The number of benzene rings is 1. The lowest BCUT2D eigenvalue weighted by Crippen LogP contribution is -2.50. The zero-order valence-corrected chi connectivity index (χ0v) is 16.8. The Morgan fingerprint density at radius 2 is 1.75 bits per heavy atom. The predicted molar refractivity (Wildman–Crippen MR) is 107 cm³/mol. The average Bonchev–Trinajstić information content (AvgIpc) is 3.01. The molecular formula is C22H32N2O4. The SMILES string of the molecule is COc1ccccc1C1(CNC(=O)C(=O)NC2CCCCCC2)CCOCC1. The van der Waals surface area contributed by atoms with Gasteiger partial charge in [0.25, 0.3) is 0 Å². The van der Waals surface area contributed by atoms with Gasteiger partial charge in [-0.25, -0.2) is 0 Å². The van der Waals surface area contributed by atoms with Gasteiger partial charge < -0.3 is 20.1 Å². The summed E-state index contributed by atoms with van der Waals surface area (Å²) in [6, 6.07) is 8.02. The van der Waals surface area contributed by atoms with Crippen LogP contribution in [-0.2, 0) is 19.7 Å². The topological polar surface area (TPSA) is 76.7 Å². The second-order valence-electron chi connectivity index (χ2n) is 7.94. The van der Waals surface area contributed by atoms with E-state index >= 15 is 0 Å². The molecule has 0 aromatic heterocycles. The molecule has 2 aliphatic rings. The molecule has 1 aromatic carbocycles. The highest BCUT2D eigenvalue weighted by atomic mass is 16.5. The van der Waals surface area contributed by atoms with Crippen LogP contribution < -0.4 is 15.4 Å². The third-order valence-corrected chi connectivity index (χ3v) is 6.11. The Morgan fingerprint density at radius 3 is 2.43 bits per heavy atom. The predicted octanol–water partition coefficient (Wildman–Crippen LogP) is 2.70. The van der Waals surface area contributed by atoms with Crippen LogP contribution in [0, 0.1) is 0 Å². The Balaban J connectivity index is 1.65. The Kier molecular flexibility index (Phi) is 7.31. The minimum absolute atomic E-state index is 0.118. The molecule has 2 N–H and O–H groups in total. The van der Waals surface area contributed by atoms with Crippen LogP contribution in [0.1, 0.15) is 56.9 Å². The first kappa shape index (κ1) is 20.6. The molecule has 1 aliphatic carbocycles. The highest BCUT2D eigenvalue weighted by Crippen LogP contribution is 2.39. The number of methoxy groups -OCH3 is 1. The van der Waals surface area contributed by atoms with E-state index in [-0.39, 0.29) is 11.5 Å². The van der Waals surface area contributed by atoms with Crippen LogP contribution in [0.15, 0.2) is 24.3 Å². The van der Waals surface area contributed by atoms with Crippen molar-refractivity contribution in [2.75, 3.05) is 26.9 Å². The molecule has 0 radical (unpaired) electrons. The van der Waals surface area contributed by atoms with Gasteiger partial charge in [0.05, 0.1) is 7.11 Å². The van der Waals surface area contributed by atoms with Crippen LogP contribution >= 0.6 is 0 Å². The highest BCUT2D eigenvalue weighted by molar-refractivity contribution is 6.35. The van der Waals surface area contributed by atoms with Gasteiger partial charge in [-0.05, 0) is 31.7 Å². The quantitative estimate of drug-likeness (QED) is 0.601. The Bertz CT molecular complexity index is 662. The van der Waals surface area contributed by atoms with Crippen molar-refractivity contribution in [1.82, 2.24) is 10.6 Å². The molecule has 1 saturated heterocycles. The molecule has 2 fully saturated rings. The van der Waals surface area contributed by atoms with Crippen molar-refractivity contribution in [3.63, 3.8) is 0 Å². The fourth-order valence-electron chi connectivity index (χ4n) is 4.39. The molecule has 0 atom stereocenters. The van der Waals surface area contributed by atoms with Crippen molar-refractivity contribution < 1.29 is 19.1 Å².